The minimum absolute atomic E-state index is 0.284. The number of amidine groups is 1. The first-order chi connectivity index (χ1) is 13.1. The largest absolute Gasteiger partial charge is 0.379 e. The quantitative estimate of drug-likeness (QED) is 0.843. The highest BCUT2D eigenvalue weighted by Gasteiger charge is 2.24. The summed E-state index contributed by atoms with van der Waals surface area (Å²) in [4.78, 5) is 11.5. The molecule has 1 N–H and O–H groups in total. The maximum Gasteiger partial charge on any atom is 0.163 e. The van der Waals surface area contributed by atoms with E-state index >= 15 is 0 Å². The van der Waals surface area contributed by atoms with E-state index in [1.54, 1.807) is 19.2 Å². The molecule has 2 aromatic rings. The number of nitrogens with one attached hydrogen (secondary N) is 1. The van der Waals surface area contributed by atoms with Crippen LogP contribution in [0.3, 0.4) is 0 Å². The van der Waals surface area contributed by atoms with Crippen LogP contribution in [0.4, 0.5) is 4.39 Å². The molecule has 1 aromatic heterocycles. The molecule has 1 unspecified atom stereocenters. The molecule has 27 heavy (non-hydrogen) atoms. The second-order valence-electron chi connectivity index (χ2n) is 6.54. The molecule has 1 fully saturated rings. The Morgan fingerprint density at radius 1 is 1.37 bits per heavy atom. The van der Waals surface area contributed by atoms with E-state index in [0.717, 1.165) is 55.0 Å². The molecule has 0 saturated carbocycles. The van der Waals surface area contributed by atoms with Crippen LogP contribution in [-0.4, -0.2) is 48.6 Å². The molecule has 4 rings (SSSR count). The summed E-state index contributed by atoms with van der Waals surface area (Å²) in [6.07, 6.45) is 3.82. The van der Waals surface area contributed by atoms with Gasteiger partial charge in [-0.3, -0.25) is 9.89 Å². The first-order valence-corrected chi connectivity index (χ1v) is 10.1. The molecular weight excluding hydrogens is 387 g/mol. The van der Waals surface area contributed by atoms with Crippen LogP contribution in [0.15, 0.2) is 40.5 Å². The first-order valence-electron chi connectivity index (χ1n) is 8.82. The van der Waals surface area contributed by atoms with Crippen molar-refractivity contribution in [3.63, 3.8) is 0 Å². The van der Waals surface area contributed by atoms with Crippen LogP contribution >= 0.6 is 22.9 Å². The summed E-state index contributed by atoms with van der Waals surface area (Å²) in [6.45, 7) is 5.72. The highest BCUT2D eigenvalue weighted by molar-refractivity contribution is 7.11. The van der Waals surface area contributed by atoms with Crippen molar-refractivity contribution in [2.75, 3.05) is 32.8 Å². The molecule has 0 bridgehead atoms. The molecule has 0 spiro atoms. The van der Waals surface area contributed by atoms with Crippen molar-refractivity contribution in [3.8, 4) is 0 Å². The molecule has 3 heterocycles. The molecule has 0 aliphatic carbocycles. The average molecular weight is 407 g/mol. The molecule has 1 atom stereocenters. The number of rotatable bonds is 4. The van der Waals surface area contributed by atoms with Gasteiger partial charge in [-0.1, -0.05) is 17.7 Å². The van der Waals surface area contributed by atoms with Crippen LogP contribution in [0.1, 0.15) is 22.2 Å². The fourth-order valence-corrected chi connectivity index (χ4v) is 4.06. The van der Waals surface area contributed by atoms with E-state index in [0.29, 0.717) is 10.6 Å². The van der Waals surface area contributed by atoms with Gasteiger partial charge in [0.05, 0.1) is 24.3 Å². The number of benzene rings is 1. The van der Waals surface area contributed by atoms with Gasteiger partial charge in [-0.15, -0.1) is 11.3 Å². The Labute approximate surface area is 166 Å². The van der Waals surface area contributed by atoms with Crippen molar-refractivity contribution in [2.45, 2.75) is 13.0 Å². The zero-order valence-corrected chi connectivity index (χ0v) is 16.5. The predicted molar refractivity (Wildman–Crippen MR) is 106 cm³/mol. The zero-order chi connectivity index (χ0) is 18.8. The van der Waals surface area contributed by atoms with Crippen LogP contribution in [0, 0.1) is 12.7 Å². The highest BCUT2D eigenvalue weighted by atomic mass is 35.5. The number of nitrogens with zero attached hydrogens (tertiary/aromatic N) is 3. The van der Waals surface area contributed by atoms with Gasteiger partial charge in [0.25, 0.3) is 0 Å². The van der Waals surface area contributed by atoms with Crippen LogP contribution < -0.4 is 5.32 Å². The molecule has 1 aromatic carbocycles. The van der Waals surface area contributed by atoms with Crippen molar-refractivity contribution in [1.82, 2.24) is 15.2 Å². The number of aromatic nitrogens is 1. The van der Waals surface area contributed by atoms with E-state index in [9.17, 15) is 4.39 Å². The van der Waals surface area contributed by atoms with Gasteiger partial charge < -0.3 is 10.1 Å². The monoisotopic (exact) mass is 406 g/mol. The molecule has 1 saturated heterocycles. The number of halogens is 2. The second kappa shape index (κ2) is 8.06. The molecule has 0 amide bonds. The van der Waals surface area contributed by atoms with Crippen molar-refractivity contribution in [1.29, 1.82) is 0 Å². The molecule has 0 radical (unpaired) electrons. The van der Waals surface area contributed by atoms with E-state index in [2.05, 4.69) is 21.3 Å². The topological polar surface area (TPSA) is 49.8 Å². The summed E-state index contributed by atoms with van der Waals surface area (Å²) in [5, 5.41) is 6.57. The molecule has 8 heteroatoms. The number of morpholine rings is 1. The summed E-state index contributed by atoms with van der Waals surface area (Å²) in [6, 6.07) is 2.88. The number of hydrogen-bond donors (Lipinski definition) is 1. The Morgan fingerprint density at radius 3 is 2.93 bits per heavy atom. The molecule has 5 nitrogen and oxygen atoms in total. The zero-order valence-electron chi connectivity index (χ0n) is 14.9. The number of aliphatic imine (C=N–C) groups is 1. The molecular formula is C19H20ClFN4OS. The second-order valence-corrected chi connectivity index (χ2v) is 7.81. The Kier molecular flexibility index (Phi) is 5.54. The maximum absolute atomic E-state index is 13.8. The molecule has 142 valence electrons. The lowest BCUT2D eigenvalue weighted by Crippen LogP contribution is -2.41. The Bertz CT molecular complexity index is 878. The first kappa shape index (κ1) is 18.6. The standard InChI is InChI=1S/C19H20ClFN4OS/c1-12-15(21)3-2-14(17(12)20)16-10-13(11-25-5-7-26-8-6-25)23-18(24-16)19-22-4-9-27-19/h2-4,9-10,16H,5-8,11H2,1H3,(H,23,24). The number of ether oxygens (including phenoxy) is 1. The lowest BCUT2D eigenvalue weighted by molar-refractivity contribution is 0.0418. The fraction of sp³-hybridized carbons (Fsp3) is 0.368. The van der Waals surface area contributed by atoms with Crippen LogP contribution in [0.5, 0.6) is 0 Å². The predicted octanol–water partition coefficient (Wildman–Crippen LogP) is 3.55. The minimum Gasteiger partial charge on any atom is -0.379 e. The smallest absolute Gasteiger partial charge is 0.163 e. The van der Waals surface area contributed by atoms with Gasteiger partial charge in [0.15, 0.2) is 10.8 Å². The summed E-state index contributed by atoms with van der Waals surface area (Å²) in [5.74, 6) is 0.415. The average Bonchev–Trinajstić information content (AvgIpc) is 3.22. The SMILES string of the molecule is Cc1c(F)ccc(C2C=C(CN3CCOCC3)NC(c3nccs3)=N2)c1Cl. The normalized spacial score (nSPS) is 20.8. The fourth-order valence-electron chi connectivity index (χ4n) is 3.20. The van der Waals surface area contributed by atoms with E-state index in [1.165, 1.54) is 17.4 Å². The Hall–Kier alpha value is -1.80. The number of hydrogen-bond acceptors (Lipinski definition) is 6. The van der Waals surface area contributed by atoms with Gasteiger partial charge in [-0.05, 0) is 24.6 Å². The third-order valence-electron chi connectivity index (χ3n) is 4.71. The van der Waals surface area contributed by atoms with Crippen molar-refractivity contribution < 1.29 is 9.13 Å². The number of thiazole rings is 1. The lowest BCUT2D eigenvalue weighted by Gasteiger charge is -2.30. The minimum atomic E-state index is -0.306. The maximum atomic E-state index is 13.8. The third kappa shape index (κ3) is 4.06. The van der Waals surface area contributed by atoms with Crippen molar-refractivity contribution in [2.24, 2.45) is 4.99 Å². The van der Waals surface area contributed by atoms with E-state index in [1.807, 2.05) is 5.38 Å². The molecule has 2 aliphatic heterocycles. The summed E-state index contributed by atoms with van der Waals surface area (Å²) >= 11 is 7.97. The van der Waals surface area contributed by atoms with E-state index < -0.39 is 0 Å². The van der Waals surface area contributed by atoms with Crippen LogP contribution in [0.2, 0.25) is 5.02 Å². The van der Waals surface area contributed by atoms with Crippen molar-refractivity contribution >= 4 is 28.8 Å². The lowest BCUT2D eigenvalue weighted by atomic mass is 10.0. The summed E-state index contributed by atoms with van der Waals surface area (Å²) < 4.78 is 19.3. The third-order valence-corrected chi connectivity index (χ3v) is 5.99. The Balaban J connectivity index is 1.67. The van der Waals surface area contributed by atoms with Gasteiger partial charge in [0.2, 0.25) is 0 Å². The van der Waals surface area contributed by atoms with Gasteiger partial charge in [-0.25, -0.2) is 9.37 Å². The molecule has 2 aliphatic rings. The highest BCUT2D eigenvalue weighted by Crippen LogP contribution is 2.33. The Morgan fingerprint density at radius 2 is 2.19 bits per heavy atom. The van der Waals surface area contributed by atoms with Crippen LogP contribution in [0.25, 0.3) is 0 Å². The van der Waals surface area contributed by atoms with Crippen molar-refractivity contribution in [3.05, 3.63) is 62.5 Å². The van der Waals surface area contributed by atoms with Gasteiger partial charge in [0, 0.05) is 42.5 Å². The summed E-state index contributed by atoms with van der Waals surface area (Å²) in [7, 11) is 0. The van der Waals surface area contributed by atoms with E-state index in [4.69, 9.17) is 21.3 Å². The van der Waals surface area contributed by atoms with E-state index in [-0.39, 0.29) is 11.9 Å². The summed E-state index contributed by atoms with van der Waals surface area (Å²) in [5.41, 5.74) is 2.28. The van der Waals surface area contributed by atoms with Gasteiger partial charge in [-0.2, -0.15) is 0 Å². The van der Waals surface area contributed by atoms with Crippen LogP contribution in [-0.2, 0) is 4.74 Å². The van der Waals surface area contributed by atoms with Gasteiger partial charge >= 0.3 is 0 Å². The van der Waals surface area contributed by atoms with Gasteiger partial charge in [0.1, 0.15) is 5.82 Å².